The molecule has 1 aliphatic rings. The summed E-state index contributed by atoms with van der Waals surface area (Å²) in [6.45, 7) is 3.93. The van der Waals surface area contributed by atoms with Crippen LogP contribution in [-0.2, 0) is 14.3 Å². The fourth-order valence-corrected chi connectivity index (χ4v) is 1.78. The molecule has 4 nitrogen and oxygen atoms in total. The number of hydrogen-bond donors (Lipinski definition) is 1. The number of cyclic esters (lactones) is 1. The Morgan fingerprint density at radius 1 is 1.53 bits per heavy atom. The molecule has 0 aromatic heterocycles. The summed E-state index contributed by atoms with van der Waals surface area (Å²) < 4.78 is 10.0. The molecule has 0 unspecified atom stereocenters. The van der Waals surface area contributed by atoms with Crippen molar-refractivity contribution in [2.75, 3.05) is 13.7 Å². The molecule has 4 atom stereocenters. The predicted molar refractivity (Wildman–Crippen MR) is 55.2 cm³/mol. The van der Waals surface area contributed by atoms with Crippen molar-refractivity contribution >= 4 is 5.97 Å². The highest BCUT2D eigenvalue weighted by atomic mass is 16.6. The molecule has 0 saturated carbocycles. The van der Waals surface area contributed by atoms with E-state index >= 15 is 0 Å². The van der Waals surface area contributed by atoms with Gasteiger partial charge in [-0.05, 0) is 0 Å². The van der Waals surface area contributed by atoms with Gasteiger partial charge in [-0.1, -0.05) is 26.0 Å². The van der Waals surface area contributed by atoms with Crippen molar-refractivity contribution < 1.29 is 19.4 Å². The first-order chi connectivity index (χ1) is 7.07. The topological polar surface area (TPSA) is 55.8 Å². The summed E-state index contributed by atoms with van der Waals surface area (Å²) in [5, 5.41) is 9.96. The lowest BCUT2D eigenvalue weighted by molar-refractivity contribution is -0.160. The van der Waals surface area contributed by atoms with Gasteiger partial charge in [0.1, 0.15) is 6.61 Å². The predicted octanol–water partition coefficient (Wildman–Crippen LogP) is 0.747. The molecule has 0 aromatic carbocycles. The van der Waals surface area contributed by atoms with Gasteiger partial charge in [-0.15, -0.1) is 0 Å². The number of methoxy groups -OCH3 is 1. The highest BCUT2D eigenvalue weighted by Crippen LogP contribution is 2.21. The van der Waals surface area contributed by atoms with Gasteiger partial charge in [0.2, 0.25) is 0 Å². The smallest absolute Gasteiger partial charge is 0.335 e. The first-order valence-corrected chi connectivity index (χ1v) is 5.12. The second-order valence-electron chi connectivity index (χ2n) is 3.92. The average molecular weight is 214 g/mol. The Kier molecular flexibility index (Phi) is 4.29. The maximum atomic E-state index is 11.5. The van der Waals surface area contributed by atoms with Crippen LogP contribution in [0.15, 0.2) is 12.2 Å². The lowest BCUT2D eigenvalue weighted by Crippen LogP contribution is -2.39. The van der Waals surface area contributed by atoms with E-state index in [4.69, 9.17) is 9.47 Å². The van der Waals surface area contributed by atoms with Crippen LogP contribution in [0.4, 0.5) is 0 Å². The molecule has 0 amide bonds. The molecule has 15 heavy (non-hydrogen) atoms. The van der Waals surface area contributed by atoms with E-state index in [0.29, 0.717) is 0 Å². The Hall–Kier alpha value is -0.870. The Morgan fingerprint density at radius 2 is 2.20 bits per heavy atom. The minimum Gasteiger partial charge on any atom is -0.460 e. The molecule has 0 fully saturated rings. The van der Waals surface area contributed by atoms with Crippen LogP contribution in [0.2, 0.25) is 0 Å². The highest BCUT2D eigenvalue weighted by molar-refractivity contribution is 5.75. The summed E-state index contributed by atoms with van der Waals surface area (Å²) in [5.41, 5.74) is 0. The van der Waals surface area contributed by atoms with Crippen molar-refractivity contribution in [3.63, 3.8) is 0 Å². The van der Waals surface area contributed by atoms with E-state index in [0.717, 1.165) is 0 Å². The van der Waals surface area contributed by atoms with Crippen LogP contribution in [-0.4, -0.2) is 37.0 Å². The zero-order chi connectivity index (χ0) is 11.4. The molecule has 0 aliphatic carbocycles. The molecular formula is C11H18O4. The molecule has 0 spiro atoms. The number of hydrogen-bond acceptors (Lipinski definition) is 4. The molecule has 0 aromatic rings. The van der Waals surface area contributed by atoms with E-state index in [1.165, 1.54) is 7.11 Å². The zero-order valence-electron chi connectivity index (χ0n) is 9.34. The monoisotopic (exact) mass is 214 g/mol. The van der Waals surface area contributed by atoms with Crippen molar-refractivity contribution in [1.29, 1.82) is 0 Å². The molecule has 0 bridgehead atoms. The zero-order valence-corrected chi connectivity index (χ0v) is 9.34. The third-order valence-electron chi connectivity index (χ3n) is 2.80. The van der Waals surface area contributed by atoms with E-state index in [9.17, 15) is 9.90 Å². The van der Waals surface area contributed by atoms with Gasteiger partial charge in [0, 0.05) is 18.9 Å². The minimum atomic E-state index is -0.692. The highest BCUT2D eigenvalue weighted by Gasteiger charge is 2.33. The molecule has 4 heteroatoms. The number of carbonyl (C=O) groups excluding carboxylic acids is 1. The van der Waals surface area contributed by atoms with Gasteiger partial charge in [0.25, 0.3) is 0 Å². The first kappa shape index (κ1) is 12.2. The van der Waals surface area contributed by atoms with Gasteiger partial charge in [-0.3, -0.25) is 0 Å². The van der Waals surface area contributed by atoms with Gasteiger partial charge < -0.3 is 14.6 Å². The molecule has 0 radical (unpaired) electrons. The largest absolute Gasteiger partial charge is 0.460 e. The quantitative estimate of drug-likeness (QED) is 0.517. The molecule has 1 aliphatic heterocycles. The molecule has 86 valence electrons. The molecule has 1 N–H and O–H groups in total. The van der Waals surface area contributed by atoms with Crippen LogP contribution in [0.25, 0.3) is 0 Å². The normalized spacial score (nSPS) is 39.9. The van der Waals surface area contributed by atoms with Crippen molar-refractivity contribution in [3.05, 3.63) is 12.2 Å². The van der Waals surface area contributed by atoms with Crippen LogP contribution < -0.4 is 0 Å². The maximum Gasteiger partial charge on any atom is 0.335 e. The summed E-state index contributed by atoms with van der Waals surface area (Å²) in [6, 6.07) is 0. The summed E-state index contributed by atoms with van der Waals surface area (Å²) in [6.07, 6.45) is 2.31. The van der Waals surface area contributed by atoms with Gasteiger partial charge in [-0.2, -0.15) is 0 Å². The third kappa shape index (κ3) is 2.79. The van der Waals surface area contributed by atoms with E-state index in [1.807, 2.05) is 13.0 Å². The fourth-order valence-electron chi connectivity index (χ4n) is 1.78. The van der Waals surface area contributed by atoms with Crippen LogP contribution >= 0.6 is 0 Å². The van der Waals surface area contributed by atoms with Crippen molar-refractivity contribution in [2.24, 2.45) is 11.8 Å². The van der Waals surface area contributed by atoms with Gasteiger partial charge >= 0.3 is 5.97 Å². The number of esters is 1. The van der Waals surface area contributed by atoms with Gasteiger partial charge in [0.05, 0.1) is 6.10 Å². The van der Waals surface area contributed by atoms with E-state index in [-0.39, 0.29) is 18.4 Å². The van der Waals surface area contributed by atoms with E-state index in [1.54, 1.807) is 13.0 Å². The van der Waals surface area contributed by atoms with Crippen LogP contribution in [0.5, 0.6) is 0 Å². The van der Waals surface area contributed by atoms with Crippen LogP contribution in [0, 0.1) is 11.8 Å². The number of carbonyl (C=O) groups is 1. The van der Waals surface area contributed by atoms with Gasteiger partial charge in [0.15, 0.2) is 6.10 Å². The Morgan fingerprint density at radius 3 is 2.80 bits per heavy atom. The summed E-state index contributed by atoms with van der Waals surface area (Å²) in [5.74, 6) is -0.699. The number of rotatable bonds is 1. The minimum absolute atomic E-state index is 0.00727. The third-order valence-corrected chi connectivity index (χ3v) is 2.80. The molecule has 1 rings (SSSR count). The molecular weight excluding hydrogens is 196 g/mol. The number of aliphatic hydroxyl groups is 1. The first-order valence-electron chi connectivity index (χ1n) is 5.12. The van der Waals surface area contributed by atoms with Gasteiger partial charge in [-0.25, -0.2) is 4.79 Å². The van der Waals surface area contributed by atoms with Crippen molar-refractivity contribution in [1.82, 2.24) is 0 Å². The van der Waals surface area contributed by atoms with E-state index in [2.05, 4.69) is 0 Å². The number of ether oxygens (including phenoxy) is 2. The average Bonchev–Trinajstić information content (AvgIpc) is 2.26. The standard InChI is InChI=1S/C11H18O4/c1-7-5-4-6-15-11(13)10(14-3)8(2)9(7)12/h4-5,7-10,12H,6H2,1-3H3/b5-4+/t7-,8-,9-,10-/m1/s1. The number of aliphatic hydroxyl groups excluding tert-OH is 1. The van der Waals surface area contributed by atoms with Crippen LogP contribution in [0.3, 0.4) is 0 Å². The summed E-state index contributed by atoms with van der Waals surface area (Å²) >= 11 is 0. The molecule has 1 heterocycles. The maximum absolute atomic E-state index is 11.5. The van der Waals surface area contributed by atoms with E-state index < -0.39 is 18.2 Å². The van der Waals surface area contributed by atoms with Crippen molar-refractivity contribution in [3.8, 4) is 0 Å². The van der Waals surface area contributed by atoms with Crippen molar-refractivity contribution in [2.45, 2.75) is 26.1 Å². The second kappa shape index (κ2) is 5.28. The lowest BCUT2D eigenvalue weighted by Gasteiger charge is -2.26. The lowest BCUT2D eigenvalue weighted by atomic mass is 9.89. The second-order valence-corrected chi connectivity index (χ2v) is 3.92. The van der Waals surface area contributed by atoms with Crippen LogP contribution in [0.1, 0.15) is 13.8 Å². The molecule has 0 saturated heterocycles. The fraction of sp³-hybridized carbons (Fsp3) is 0.727. The SMILES string of the molecule is CO[C@H]1C(=O)OC/C=C/[C@@H](C)[C@@H](O)[C@H]1C. The Labute approximate surface area is 89.9 Å². The summed E-state index contributed by atoms with van der Waals surface area (Å²) in [7, 11) is 1.45. The Balaban J connectivity index is 2.86. The summed E-state index contributed by atoms with van der Waals surface area (Å²) in [4.78, 5) is 11.5. The Bertz CT molecular complexity index is 249.